The Morgan fingerprint density at radius 2 is 2.11 bits per heavy atom. The number of aromatic nitrogens is 1. The molecule has 1 saturated carbocycles. The first kappa shape index (κ1) is 13.5. The molecule has 0 bridgehead atoms. The molecular weight excluding hydrogens is 246 g/mol. The minimum atomic E-state index is 0.103. The lowest BCUT2D eigenvalue weighted by atomic mass is 9.86. The molecule has 1 heterocycles. The summed E-state index contributed by atoms with van der Waals surface area (Å²) in [5, 5.41) is 5.66. The van der Waals surface area contributed by atoms with E-state index in [0.717, 1.165) is 36.5 Å². The first-order valence-corrected chi connectivity index (χ1v) is 7.46. The van der Waals surface area contributed by atoms with Crippen LogP contribution in [0.2, 0.25) is 0 Å². The largest absolute Gasteiger partial charge is 0.328 e. The van der Waals surface area contributed by atoms with Gasteiger partial charge in [-0.05, 0) is 31.6 Å². The summed E-state index contributed by atoms with van der Waals surface area (Å²) in [6.07, 6.45) is 3.70. The predicted molar refractivity (Wildman–Crippen MR) is 74.8 cm³/mol. The molecule has 5 heteroatoms. The minimum Gasteiger partial charge on any atom is -0.328 e. The number of anilines is 1. The van der Waals surface area contributed by atoms with Gasteiger partial charge in [0.25, 0.3) is 0 Å². The number of nitrogens with one attached hydrogen (secondary N) is 1. The Bertz CT molecular complexity index is 408. The number of carbonyl (C=O) groups excluding carboxylic acids is 1. The van der Waals surface area contributed by atoms with Crippen LogP contribution >= 0.6 is 11.3 Å². The van der Waals surface area contributed by atoms with Gasteiger partial charge in [0, 0.05) is 17.3 Å². The first-order valence-electron chi connectivity index (χ1n) is 6.58. The van der Waals surface area contributed by atoms with E-state index in [0.29, 0.717) is 5.92 Å². The van der Waals surface area contributed by atoms with Crippen molar-refractivity contribution >= 4 is 22.4 Å². The lowest BCUT2D eigenvalue weighted by Crippen LogP contribution is -2.32. The van der Waals surface area contributed by atoms with Gasteiger partial charge in [0.15, 0.2) is 5.13 Å². The van der Waals surface area contributed by atoms with Gasteiger partial charge in [-0.15, -0.1) is 11.3 Å². The van der Waals surface area contributed by atoms with Gasteiger partial charge in [-0.3, -0.25) is 4.79 Å². The first-order chi connectivity index (χ1) is 8.56. The van der Waals surface area contributed by atoms with Gasteiger partial charge in [-0.25, -0.2) is 4.98 Å². The van der Waals surface area contributed by atoms with E-state index in [4.69, 9.17) is 5.73 Å². The fraction of sp³-hybridized carbons (Fsp3) is 0.692. The van der Waals surface area contributed by atoms with Crippen molar-refractivity contribution < 1.29 is 4.79 Å². The fourth-order valence-electron chi connectivity index (χ4n) is 2.20. The van der Waals surface area contributed by atoms with Gasteiger partial charge in [-0.1, -0.05) is 13.8 Å². The van der Waals surface area contributed by atoms with E-state index in [1.54, 1.807) is 0 Å². The van der Waals surface area contributed by atoms with Crippen LogP contribution in [-0.4, -0.2) is 16.9 Å². The number of amides is 1. The average molecular weight is 267 g/mol. The maximum absolute atomic E-state index is 12.1. The zero-order chi connectivity index (χ0) is 13.1. The molecule has 0 radical (unpaired) electrons. The zero-order valence-corrected chi connectivity index (χ0v) is 11.8. The summed E-state index contributed by atoms with van der Waals surface area (Å²) >= 11 is 1.50. The third-order valence-corrected chi connectivity index (χ3v) is 4.26. The predicted octanol–water partition coefficient (Wildman–Crippen LogP) is 2.72. The van der Waals surface area contributed by atoms with Crippen molar-refractivity contribution in [1.29, 1.82) is 0 Å². The van der Waals surface area contributed by atoms with E-state index in [1.807, 2.05) is 5.38 Å². The summed E-state index contributed by atoms with van der Waals surface area (Å²) in [4.78, 5) is 16.5. The summed E-state index contributed by atoms with van der Waals surface area (Å²) in [5.41, 5.74) is 6.89. The molecule has 4 nitrogen and oxygen atoms in total. The molecule has 18 heavy (non-hydrogen) atoms. The third kappa shape index (κ3) is 3.29. The van der Waals surface area contributed by atoms with Gasteiger partial charge >= 0.3 is 0 Å². The maximum atomic E-state index is 12.1. The summed E-state index contributed by atoms with van der Waals surface area (Å²) in [7, 11) is 0. The Labute approximate surface area is 112 Å². The van der Waals surface area contributed by atoms with Crippen molar-refractivity contribution in [2.24, 2.45) is 11.7 Å². The van der Waals surface area contributed by atoms with E-state index in [1.165, 1.54) is 11.3 Å². The van der Waals surface area contributed by atoms with Crippen molar-refractivity contribution in [3.63, 3.8) is 0 Å². The monoisotopic (exact) mass is 267 g/mol. The fourth-order valence-corrected chi connectivity index (χ4v) is 3.07. The summed E-state index contributed by atoms with van der Waals surface area (Å²) in [6, 6.07) is 0.279. The van der Waals surface area contributed by atoms with E-state index in [-0.39, 0.29) is 17.9 Å². The molecule has 1 amide bonds. The van der Waals surface area contributed by atoms with Gasteiger partial charge in [0.1, 0.15) is 0 Å². The van der Waals surface area contributed by atoms with Crippen molar-refractivity contribution in [3.8, 4) is 0 Å². The maximum Gasteiger partial charge on any atom is 0.229 e. The standard InChI is InChI=1S/C13H21N3OS/c1-8(2)11-7-18-13(15-11)16-12(17)9-3-5-10(14)6-4-9/h7-10H,3-6,14H2,1-2H3,(H,15,16,17). The highest BCUT2D eigenvalue weighted by Gasteiger charge is 2.25. The highest BCUT2D eigenvalue weighted by Crippen LogP contribution is 2.26. The number of nitrogens with zero attached hydrogens (tertiary/aromatic N) is 1. The molecule has 2 rings (SSSR count). The number of hydrogen-bond donors (Lipinski definition) is 2. The second-order valence-electron chi connectivity index (χ2n) is 5.33. The molecule has 100 valence electrons. The number of nitrogens with two attached hydrogens (primary N) is 1. The lowest BCUT2D eigenvalue weighted by molar-refractivity contribution is -0.120. The Morgan fingerprint density at radius 1 is 1.44 bits per heavy atom. The molecular formula is C13H21N3OS. The van der Waals surface area contributed by atoms with E-state index in [9.17, 15) is 4.79 Å². The molecule has 0 unspecified atom stereocenters. The van der Waals surface area contributed by atoms with Crippen molar-refractivity contribution in [3.05, 3.63) is 11.1 Å². The highest BCUT2D eigenvalue weighted by molar-refractivity contribution is 7.13. The average Bonchev–Trinajstić information content (AvgIpc) is 2.78. The SMILES string of the molecule is CC(C)c1csc(NC(=O)C2CCC(N)CC2)n1. The quantitative estimate of drug-likeness (QED) is 0.884. The van der Waals surface area contributed by atoms with Crippen LogP contribution in [0.5, 0.6) is 0 Å². The Balaban J connectivity index is 1.90. The summed E-state index contributed by atoms with van der Waals surface area (Å²) < 4.78 is 0. The molecule has 1 aliphatic carbocycles. The van der Waals surface area contributed by atoms with Crippen LogP contribution in [0.1, 0.15) is 51.1 Å². The van der Waals surface area contributed by atoms with Crippen molar-refractivity contribution in [1.82, 2.24) is 4.98 Å². The molecule has 0 saturated heterocycles. The topological polar surface area (TPSA) is 68.0 Å². The molecule has 1 fully saturated rings. The third-order valence-electron chi connectivity index (χ3n) is 3.49. The van der Waals surface area contributed by atoms with Gasteiger partial charge in [-0.2, -0.15) is 0 Å². The van der Waals surface area contributed by atoms with Gasteiger partial charge < -0.3 is 11.1 Å². The highest BCUT2D eigenvalue weighted by atomic mass is 32.1. The molecule has 0 aliphatic heterocycles. The van der Waals surface area contributed by atoms with Crippen molar-refractivity contribution in [2.75, 3.05) is 5.32 Å². The molecule has 0 atom stereocenters. The van der Waals surface area contributed by atoms with Crippen LogP contribution in [-0.2, 0) is 4.79 Å². The lowest BCUT2D eigenvalue weighted by Gasteiger charge is -2.24. The summed E-state index contributed by atoms with van der Waals surface area (Å²) in [5.74, 6) is 0.613. The zero-order valence-electron chi connectivity index (χ0n) is 11.0. The van der Waals surface area contributed by atoms with Crippen LogP contribution in [0.15, 0.2) is 5.38 Å². The number of thiazole rings is 1. The van der Waals surface area contributed by atoms with Crippen LogP contribution in [0.4, 0.5) is 5.13 Å². The Morgan fingerprint density at radius 3 is 2.67 bits per heavy atom. The van der Waals surface area contributed by atoms with Crippen LogP contribution in [0, 0.1) is 5.92 Å². The molecule has 3 N–H and O–H groups in total. The molecule has 1 aromatic heterocycles. The van der Waals surface area contributed by atoms with Crippen LogP contribution in [0.3, 0.4) is 0 Å². The van der Waals surface area contributed by atoms with E-state index >= 15 is 0 Å². The molecule has 0 spiro atoms. The normalized spacial score (nSPS) is 24.2. The number of carbonyl (C=O) groups is 1. The van der Waals surface area contributed by atoms with Crippen molar-refractivity contribution in [2.45, 2.75) is 51.5 Å². The summed E-state index contributed by atoms with van der Waals surface area (Å²) in [6.45, 7) is 4.20. The Kier molecular flexibility index (Phi) is 4.35. The second kappa shape index (κ2) is 5.80. The second-order valence-corrected chi connectivity index (χ2v) is 6.19. The van der Waals surface area contributed by atoms with Gasteiger partial charge in [0.2, 0.25) is 5.91 Å². The smallest absolute Gasteiger partial charge is 0.229 e. The molecule has 0 aromatic carbocycles. The molecule has 1 aliphatic rings. The van der Waals surface area contributed by atoms with Gasteiger partial charge in [0.05, 0.1) is 5.69 Å². The minimum absolute atomic E-state index is 0.103. The van der Waals surface area contributed by atoms with Crippen LogP contribution < -0.4 is 11.1 Å². The number of rotatable bonds is 3. The molecule has 1 aromatic rings. The van der Waals surface area contributed by atoms with E-state index in [2.05, 4.69) is 24.1 Å². The number of hydrogen-bond acceptors (Lipinski definition) is 4. The van der Waals surface area contributed by atoms with Crippen LogP contribution in [0.25, 0.3) is 0 Å². The Hall–Kier alpha value is -0.940. The van der Waals surface area contributed by atoms with E-state index < -0.39 is 0 Å².